The molecule has 112 valence electrons. The molecule has 0 radical (unpaired) electrons. The smallest absolute Gasteiger partial charge is 0.193 e. The number of benzene rings is 3. The third-order valence-corrected chi connectivity index (χ3v) is 3.35. The van der Waals surface area contributed by atoms with Crippen molar-refractivity contribution in [2.45, 2.75) is 6.54 Å². The highest BCUT2D eigenvalue weighted by Gasteiger charge is 2.00. The van der Waals surface area contributed by atoms with Gasteiger partial charge in [0, 0.05) is 5.69 Å². The van der Waals surface area contributed by atoms with E-state index in [1.807, 2.05) is 48.5 Å². The molecule has 3 aromatic rings. The first-order valence-corrected chi connectivity index (χ1v) is 6.91. The molecule has 0 spiro atoms. The number of halogens is 1. The first kappa shape index (κ1) is 16.3. The molecule has 4 heteroatoms. The van der Waals surface area contributed by atoms with Gasteiger partial charge in [0.05, 0.1) is 6.54 Å². The molecule has 3 aromatic carbocycles. The van der Waals surface area contributed by atoms with Crippen LogP contribution in [0.4, 0.5) is 5.69 Å². The number of hydrogen-bond donors (Lipinski definition) is 2. The Morgan fingerprint density at radius 2 is 1.55 bits per heavy atom. The Morgan fingerprint density at radius 3 is 2.36 bits per heavy atom. The predicted octanol–water partition coefficient (Wildman–Crippen LogP) is 4.38. The van der Waals surface area contributed by atoms with Gasteiger partial charge in [-0.15, -0.1) is 24.0 Å². The lowest BCUT2D eigenvalue weighted by Crippen LogP contribution is -2.22. The molecule has 0 fully saturated rings. The third kappa shape index (κ3) is 3.98. The second kappa shape index (κ2) is 7.79. The highest BCUT2D eigenvalue weighted by Crippen LogP contribution is 2.19. The summed E-state index contributed by atoms with van der Waals surface area (Å²) < 4.78 is 0. The van der Waals surface area contributed by atoms with E-state index in [-0.39, 0.29) is 24.0 Å². The van der Waals surface area contributed by atoms with Crippen molar-refractivity contribution in [2.24, 2.45) is 10.7 Å². The van der Waals surface area contributed by atoms with Crippen LogP contribution in [0, 0.1) is 0 Å². The molecule has 0 saturated heterocycles. The quantitative estimate of drug-likeness (QED) is 0.387. The van der Waals surface area contributed by atoms with Gasteiger partial charge in [-0.25, -0.2) is 4.99 Å². The minimum absolute atomic E-state index is 0. The number of fused-ring (bicyclic) bond motifs is 1. The van der Waals surface area contributed by atoms with Crippen LogP contribution < -0.4 is 11.1 Å². The van der Waals surface area contributed by atoms with Crippen molar-refractivity contribution in [3.8, 4) is 0 Å². The van der Waals surface area contributed by atoms with E-state index in [4.69, 9.17) is 5.73 Å². The average molecular weight is 403 g/mol. The largest absolute Gasteiger partial charge is 0.370 e. The van der Waals surface area contributed by atoms with Crippen molar-refractivity contribution in [1.82, 2.24) is 0 Å². The van der Waals surface area contributed by atoms with Crippen molar-refractivity contribution < 1.29 is 0 Å². The highest BCUT2D eigenvalue weighted by atomic mass is 127. The van der Waals surface area contributed by atoms with Crippen molar-refractivity contribution in [2.75, 3.05) is 5.32 Å². The first-order valence-electron chi connectivity index (χ1n) is 6.91. The maximum atomic E-state index is 5.94. The molecule has 0 saturated carbocycles. The molecular weight excluding hydrogens is 385 g/mol. The maximum Gasteiger partial charge on any atom is 0.193 e. The summed E-state index contributed by atoms with van der Waals surface area (Å²) in [5, 5.41) is 5.53. The lowest BCUT2D eigenvalue weighted by molar-refractivity contribution is 1.07. The molecular formula is C18H18IN3. The Morgan fingerprint density at radius 1 is 0.864 bits per heavy atom. The summed E-state index contributed by atoms with van der Waals surface area (Å²) >= 11 is 0. The fourth-order valence-electron chi connectivity index (χ4n) is 2.31. The van der Waals surface area contributed by atoms with Crippen LogP contribution in [0.15, 0.2) is 77.8 Å². The molecule has 0 unspecified atom stereocenters. The zero-order valence-corrected chi connectivity index (χ0v) is 14.4. The molecule has 0 amide bonds. The van der Waals surface area contributed by atoms with Gasteiger partial charge in [-0.2, -0.15) is 0 Å². The minimum Gasteiger partial charge on any atom is -0.370 e. The van der Waals surface area contributed by atoms with Gasteiger partial charge < -0.3 is 11.1 Å². The standard InChI is InChI=1S/C18H17N3.HI/c19-18(21-16-10-2-1-3-11-16)20-13-15-9-6-8-14-7-4-5-12-17(14)15;/h1-12H,13H2,(H3,19,20,21);1H. The SMILES string of the molecule is I.NC(=NCc1cccc2ccccc12)Nc1ccccc1. The molecule has 0 aliphatic carbocycles. The zero-order valence-electron chi connectivity index (χ0n) is 12.1. The van der Waals surface area contributed by atoms with Gasteiger partial charge in [-0.3, -0.25) is 0 Å². The van der Waals surface area contributed by atoms with Gasteiger partial charge >= 0.3 is 0 Å². The molecule has 0 aromatic heterocycles. The molecule has 0 bridgehead atoms. The summed E-state index contributed by atoms with van der Waals surface area (Å²) in [7, 11) is 0. The predicted molar refractivity (Wildman–Crippen MR) is 105 cm³/mol. The van der Waals surface area contributed by atoms with E-state index in [9.17, 15) is 0 Å². The summed E-state index contributed by atoms with van der Waals surface area (Å²) in [5.74, 6) is 0.425. The molecule has 22 heavy (non-hydrogen) atoms. The normalized spacial score (nSPS) is 11.0. The van der Waals surface area contributed by atoms with Crippen LogP contribution in [-0.2, 0) is 6.54 Å². The Labute approximate surface area is 147 Å². The summed E-state index contributed by atoms with van der Waals surface area (Å²) in [6.45, 7) is 0.563. The third-order valence-electron chi connectivity index (χ3n) is 3.35. The van der Waals surface area contributed by atoms with E-state index in [1.165, 1.54) is 16.3 Å². The Kier molecular flexibility index (Phi) is 5.77. The van der Waals surface area contributed by atoms with E-state index in [0.29, 0.717) is 12.5 Å². The number of anilines is 1. The van der Waals surface area contributed by atoms with E-state index < -0.39 is 0 Å². The highest BCUT2D eigenvalue weighted by molar-refractivity contribution is 14.0. The second-order valence-electron chi connectivity index (χ2n) is 4.83. The number of aliphatic imine (C=N–C) groups is 1. The Hall–Kier alpha value is -2.08. The molecule has 3 N–H and O–H groups in total. The number of para-hydroxylation sites is 1. The number of hydrogen-bond acceptors (Lipinski definition) is 1. The fraction of sp³-hybridized carbons (Fsp3) is 0.0556. The second-order valence-corrected chi connectivity index (χ2v) is 4.83. The molecule has 0 atom stereocenters. The van der Waals surface area contributed by atoms with Gasteiger partial charge in [0.2, 0.25) is 0 Å². The Bertz CT molecular complexity index is 764. The summed E-state index contributed by atoms with van der Waals surface area (Å²) in [6.07, 6.45) is 0. The zero-order chi connectivity index (χ0) is 14.5. The molecule has 3 rings (SSSR count). The van der Waals surface area contributed by atoms with Crippen LogP contribution in [-0.4, -0.2) is 5.96 Å². The summed E-state index contributed by atoms with van der Waals surface area (Å²) in [6, 6.07) is 24.3. The van der Waals surface area contributed by atoms with Crippen LogP contribution in [0.5, 0.6) is 0 Å². The van der Waals surface area contributed by atoms with Gasteiger partial charge in [-0.1, -0.05) is 60.7 Å². The number of guanidine groups is 1. The van der Waals surface area contributed by atoms with Crippen LogP contribution in [0.2, 0.25) is 0 Å². The van der Waals surface area contributed by atoms with Crippen molar-refractivity contribution in [3.05, 3.63) is 78.4 Å². The van der Waals surface area contributed by atoms with Crippen molar-refractivity contribution in [3.63, 3.8) is 0 Å². The molecule has 0 aliphatic heterocycles. The molecule has 0 heterocycles. The van der Waals surface area contributed by atoms with Crippen LogP contribution in [0.3, 0.4) is 0 Å². The van der Waals surface area contributed by atoms with Crippen LogP contribution in [0.1, 0.15) is 5.56 Å². The van der Waals surface area contributed by atoms with Crippen LogP contribution >= 0.6 is 24.0 Å². The Balaban J connectivity index is 0.00000176. The lowest BCUT2D eigenvalue weighted by atomic mass is 10.1. The first-order chi connectivity index (χ1) is 10.3. The number of nitrogens with zero attached hydrogens (tertiary/aromatic N) is 1. The van der Waals surface area contributed by atoms with Gasteiger partial charge in [0.1, 0.15) is 0 Å². The monoisotopic (exact) mass is 403 g/mol. The molecule has 0 aliphatic rings. The van der Waals surface area contributed by atoms with Gasteiger partial charge in [0.15, 0.2) is 5.96 Å². The average Bonchev–Trinajstić information content (AvgIpc) is 2.54. The summed E-state index contributed by atoms with van der Waals surface area (Å²) in [4.78, 5) is 4.42. The number of nitrogens with one attached hydrogen (secondary N) is 1. The fourth-order valence-corrected chi connectivity index (χ4v) is 2.31. The number of nitrogens with two attached hydrogens (primary N) is 1. The van der Waals surface area contributed by atoms with E-state index in [2.05, 4.69) is 34.6 Å². The van der Waals surface area contributed by atoms with E-state index in [0.717, 1.165) is 5.69 Å². The van der Waals surface area contributed by atoms with E-state index in [1.54, 1.807) is 0 Å². The maximum absolute atomic E-state index is 5.94. The van der Waals surface area contributed by atoms with Crippen LogP contribution in [0.25, 0.3) is 10.8 Å². The lowest BCUT2D eigenvalue weighted by Gasteiger charge is -2.07. The van der Waals surface area contributed by atoms with Gasteiger partial charge in [-0.05, 0) is 28.5 Å². The summed E-state index contributed by atoms with van der Waals surface area (Å²) in [5.41, 5.74) is 8.05. The van der Waals surface area contributed by atoms with Crippen molar-refractivity contribution >= 4 is 46.4 Å². The number of rotatable bonds is 3. The van der Waals surface area contributed by atoms with E-state index >= 15 is 0 Å². The topological polar surface area (TPSA) is 50.4 Å². The molecule has 3 nitrogen and oxygen atoms in total. The van der Waals surface area contributed by atoms with Gasteiger partial charge in [0.25, 0.3) is 0 Å². The minimum atomic E-state index is 0. The van der Waals surface area contributed by atoms with Crippen molar-refractivity contribution in [1.29, 1.82) is 0 Å².